The Balaban J connectivity index is 2.67. The molecule has 1 heterocycles. The maximum absolute atomic E-state index is 6.24. The van der Waals surface area contributed by atoms with Crippen LogP contribution in [0.3, 0.4) is 0 Å². The molecule has 0 saturated heterocycles. The molecule has 0 aliphatic rings. The van der Waals surface area contributed by atoms with Gasteiger partial charge in [0.25, 0.3) is 0 Å². The monoisotopic (exact) mass is 327 g/mol. The minimum absolute atomic E-state index is 0.537. The van der Waals surface area contributed by atoms with Gasteiger partial charge in [0.1, 0.15) is 0 Å². The first kappa shape index (κ1) is 13.6. The number of aromatic nitrogens is 1. The molecule has 0 spiro atoms. The number of nitrogen functional groups attached to an aromatic ring is 1. The summed E-state index contributed by atoms with van der Waals surface area (Å²) < 4.78 is 0.912. The van der Waals surface area contributed by atoms with Crippen molar-refractivity contribution >= 4 is 44.1 Å². The molecule has 5 heteroatoms. The fourth-order valence-electron chi connectivity index (χ4n) is 1.95. The number of nitrogens with zero attached hydrogens (tertiary/aromatic N) is 1. The Kier molecular flexibility index (Phi) is 4.10. The molecule has 3 nitrogen and oxygen atoms in total. The highest BCUT2D eigenvalue weighted by Gasteiger charge is 2.10. The first-order valence-corrected chi connectivity index (χ1v) is 6.93. The summed E-state index contributed by atoms with van der Waals surface area (Å²) >= 11 is 9.66. The van der Waals surface area contributed by atoms with Crippen molar-refractivity contribution < 1.29 is 0 Å². The number of benzene rings is 1. The van der Waals surface area contributed by atoms with E-state index in [-0.39, 0.29) is 0 Å². The van der Waals surface area contributed by atoms with Crippen LogP contribution in [0.5, 0.6) is 0 Å². The van der Waals surface area contributed by atoms with Gasteiger partial charge in [0, 0.05) is 15.6 Å². The van der Waals surface area contributed by atoms with Gasteiger partial charge in [-0.05, 0) is 30.5 Å². The fourth-order valence-corrected chi connectivity index (χ4v) is 2.80. The molecule has 18 heavy (non-hydrogen) atoms. The zero-order valence-corrected chi connectivity index (χ0v) is 12.6. The average Bonchev–Trinajstić information content (AvgIpc) is 2.28. The molecule has 0 fully saturated rings. The first-order valence-electron chi connectivity index (χ1n) is 5.76. The summed E-state index contributed by atoms with van der Waals surface area (Å²) in [5, 5.41) is 1.55. The molecule has 2 aromatic rings. The predicted molar refractivity (Wildman–Crippen MR) is 80.8 cm³/mol. The second kappa shape index (κ2) is 5.43. The third kappa shape index (κ3) is 2.76. The Morgan fingerprint density at radius 2 is 2.11 bits per heavy atom. The lowest BCUT2D eigenvalue weighted by atomic mass is 10.1. The Bertz CT molecular complexity index is 584. The van der Waals surface area contributed by atoms with Crippen molar-refractivity contribution in [3.8, 4) is 0 Å². The van der Waals surface area contributed by atoms with Crippen molar-refractivity contribution in [2.75, 3.05) is 5.43 Å². The van der Waals surface area contributed by atoms with Crippen molar-refractivity contribution in [1.82, 2.24) is 4.98 Å². The van der Waals surface area contributed by atoms with Gasteiger partial charge in [0.2, 0.25) is 0 Å². The van der Waals surface area contributed by atoms with Crippen LogP contribution < -0.4 is 11.3 Å². The van der Waals surface area contributed by atoms with Crippen LogP contribution in [0.15, 0.2) is 22.7 Å². The summed E-state index contributed by atoms with van der Waals surface area (Å²) in [7, 11) is 0. The number of nitrogens with one attached hydrogen (secondary N) is 1. The van der Waals surface area contributed by atoms with Crippen molar-refractivity contribution in [3.05, 3.63) is 33.4 Å². The SMILES string of the molecule is CC(C)Cc1cc(NN)c2cc(Br)cc(Cl)c2n1. The van der Waals surface area contributed by atoms with E-state index in [2.05, 4.69) is 40.2 Å². The number of hydrogen-bond acceptors (Lipinski definition) is 3. The minimum Gasteiger partial charge on any atom is -0.323 e. The fraction of sp³-hybridized carbons (Fsp3) is 0.308. The van der Waals surface area contributed by atoms with Gasteiger partial charge in [-0.2, -0.15) is 0 Å². The summed E-state index contributed by atoms with van der Waals surface area (Å²) in [5.41, 5.74) is 5.34. The van der Waals surface area contributed by atoms with E-state index < -0.39 is 0 Å². The van der Waals surface area contributed by atoms with Crippen LogP contribution >= 0.6 is 27.5 Å². The summed E-state index contributed by atoms with van der Waals surface area (Å²) in [6, 6.07) is 5.78. The summed E-state index contributed by atoms with van der Waals surface area (Å²) in [4.78, 5) is 4.62. The van der Waals surface area contributed by atoms with Gasteiger partial charge < -0.3 is 5.43 Å². The van der Waals surface area contributed by atoms with Crippen LogP contribution in [0, 0.1) is 5.92 Å². The van der Waals surface area contributed by atoms with Crippen molar-refractivity contribution in [1.29, 1.82) is 0 Å². The first-order chi connectivity index (χ1) is 8.51. The molecule has 0 radical (unpaired) electrons. The number of halogens is 2. The topological polar surface area (TPSA) is 50.9 Å². The van der Waals surface area contributed by atoms with E-state index >= 15 is 0 Å². The Morgan fingerprint density at radius 1 is 1.39 bits per heavy atom. The van der Waals surface area contributed by atoms with E-state index in [4.69, 9.17) is 17.4 Å². The number of hydrazine groups is 1. The normalized spacial score (nSPS) is 11.2. The van der Waals surface area contributed by atoms with E-state index in [1.165, 1.54) is 0 Å². The standard InChI is InChI=1S/C13H15BrClN3/c1-7(2)3-9-6-12(18-16)10-4-8(14)5-11(15)13(10)17-9/h4-7H,3,16H2,1-2H3,(H,17,18). The maximum Gasteiger partial charge on any atom is 0.0913 e. The third-order valence-electron chi connectivity index (χ3n) is 2.66. The number of nitrogens with two attached hydrogens (primary N) is 1. The number of pyridine rings is 1. The molecule has 0 unspecified atom stereocenters. The molecule has 0 amide bonds. The highest BCUT2D eigenvalue weighted by Crippen LogP contribution is 2.32. The Morgan fingerprint density at radius 3 is 2.72 bits per heavy atom. The van der Waals surface area contributed by atoms with Crippen molar-refractivity contribution in [3.63, 3.8) is 0 Å². The lowest BCUT2D eigenvalue weighted by molar-refractivity contribution is 0.637. The Hall–Kier alpha value is -0.840. The molecule has 0 bridgehead atoms. The number of hydrogen-bond donors (Lipinski definition) is 2. The zero-order valence-electron chi connectivity index (χ0n) is 10.3. The lowest BCUT2D eigenvalue weighted by Gasteiger charge is -2.12. The van der Waals surface area contributed by atoms with E-state index in [1.807, 2.05) is 18.2 Å². The van der Waals surface area contributed by atoms with Crippen molar-refractivity contribution in [2.45, 2.75) is 20.3 Å². The maximum atomic E-state index is 6.24. The van der Waals surface area contributed by atoms with Crippen LogP contribution in [0.4, 0.5) is 5.69 Å². The third-order valence-corrected chi connectivity index (χ3v) is 3.40. The van der Waals surface area contributed by atoms with Gasteiger partial charge >= 0.3 is 0 Å². The molecule has 2 rings (SSSR count). The second-order valence-electron chi connectivity index (χ2n) is 4.69. The van der Waals surface area contributed by atoms with Crippen LogP contribution in [-0.4, -0.2) is 4.98 Å². The van der Waals surface area contributed by atoms with Crippen LogP contribution in [0.1, 0.15) is 19.5 Å². The molecule has 3 N–H and O–H groups in total. The molecule has 0 aliphatic heterocycles. The van der Waals surface area contributed by atoms with Gasteiger partial charge in [0.05, 0.1) is 16.2 Å². The van der Waals surface area contributed by atoms with Crippen LogP contribution in [0.25, 0.3) is 10.9 Å². The van der Waals surface area contributed by atoms with Gasteiger partial charge in [-0.15, -0.1) is 0 Å². The molecular weight excluding hydrogens is 314 g/mol. The summed E-state index contributed by atoms with van der Waals surface area (Å²) in [6.07, 6.45) is 0.900. The number of fused-ring (bicyclic) bond motifs is 1. The highest BCUT2D eigenvalue weighted by molar-refractivity contribution is 9.10. The van der Waals surface area contributed by atoms with Crippen molar-refractivity contribution in [2.24, 2.45) is 11.8 Å². The quantitative estimate of drug-likeness (QED) is 0.658. The van der Waals surface area contributed by atoms with E-state index in [1.54, 1.807) is 0 Å². The molecule has 0 aliphatic carbocycles. The summed E-state index contributed by atoms with van der Waals surface area (Å²) in [6.45, 7) is 4.31. The largest absolute Gasteiger partial charge is 0.323 e. The molecule has 0 saturated carbocycles. The van der Waals surface area contributed by atoms with Gasteiger partial charge in [0.15, 0.2) is 0 Å². The smallest absolute Gasteiger partial charge is 0.0913 e. The average molecular weight is 329 g/mol. The zero-order chi connectivity index (χ0) is 13.3. The Labute approximate surface area is 120 Å². The molecule has 1 aromatic heterocycles. The van der Waals surface area contributed by atoms with Gasteiger partial charge in [-0.25, -0.2) is 0 Å². The van der Waals surface area contributed by atoms with E-state index in [0.29, 0.717) is 10.9 Å². The van der Waals surface area contributed by atoms with Crippen LogP contribution in [-0.2, 0) is 6.42 Å². The highest BCUT2D eigenvalue weighted by atomic mass is 79.9. The minimum atomic E-state index is 0.537. The van der Waals surface area contributed by atoms with E-state index in [0.717, 1.165) is 33.2 Å². The molecule has 96 valence electrons. The number of anilines is 1. The van der Waals surface area contributed by atoms with Gasteiger partial charge in [-0.3, -0.25) is 10.8 Å². The second-order valence-corrected chi connectivity index (χ2v) is 6.01. The van der Waals surface area contributed by atoms with Gasteiger partial charge in [-0.1, -0.05) is 41.4 Å². The predicted octanol–water partition coefficient (Wildman–Crippen LogP) is 4.13. The molecular formula is C13H15BrClN3. The number of rotatable bonds is 3. The lowest BCUT2D eigenvalue weighted by Crippen LogP contribution is -2.09. The van der Waals surface area contributed by atoms with E-state index in [9.17, 15) is 0 Å². The van der Waals surface area contributed by atoms with Crippen LogP contribution in [0.2, 0.25) is 5.02 Å². The summed E-state index contributed by atoms with van der Waals surface area (Å²) in [5.74, 6) is 6.12. The molecule has 1 aromatic carbocycles. The molecule has 0 atom stereocenters.